The zero-order chi connectivity index (χ0) is 17.4. The number of aromatic nitrogens is 2. The smallest absolute Gasteiger partial charge is 0.239 e. The van der Waals surface area contributed by atoms with E-state index in [9.17, 15) is 4.39 Å². The molecule has 3 N–H and O–H groups in total. The van der Waals surface area contributed by atoms with Gasteiger partial charge < -0.3 is 9.64 Å². The average molecular weight is 404 g/mol. The van der Waals surface area contributed by atoms with Crippen LogP contribution >= 0.6 is 15.9 Å². The van der Waals surface area contributed by atoms with Crippen LogP contribution in [0, 0.1) is 5.82 Å². The molecule has 0 saturated carbocycles. The van der Waals surface area contributed by atoms with Crippen molar-refractivity contribution < 1.29 is 9.13 Å². The minimum Gasteiger partial charge on any atom is -0.375 e. The van der Waals surface area contributed by atoms with E-state index in [0.29, 0.717) is 36.5 Å². The number of nitrogens with zero attached hydrogens (tertiary/aromatic N) is 3. The Labute approximate surface area is 151 Å². The number of anilines is 3. The number of nitrogen functional groups attached to an aromatic ring is 1. The van der Waals surface area contributed by atoms with Crippen LogP contribution in [0.3, 0.4) is 0 Å². The molecule has 4 rings (SSSR count). The summed E-state index contributed by atoms with van der Waals surface area (Å²) in [6.07, 6.45) is 0. The highest BCUT2D eigenvalue weighted by Crippen LogP contribution is 2.37. The minimum atomic E-state index is -0.377. The summed E-state index contributed by atoms with van der Waals surface area (Å²) in [7, 11) is 0. The number of nitrogens with two attached hydrogens (primary N) is 1. The Bertz CT molecular complexity index is 952. The van der Waals surface area contributed by atoms with E-state index < -0.39 is 0 Å². The highest BCUT2D eigenvalue weighted by Gasteiger charge is 2.24. The number of fused-ring (bicyclic) bond motifs is 2. The van der Waals surface area contributed by atoms with Crippen molar-refractivity contribution in [3.63, 3.8) is 0 Å². The third-order valence-corrected chi connectivity index (χ3v) is 4.87. The second-order valence-electron chi connectivity index (χ2n) is 5.59. The van der Waals surface area contributed by atoms with Gasteiger partial charge in [-0.05, 0) is 24.3 Å². The first-order valence-corrected chi connectivity index (χ1v) is 8.54. The average Bonchev–Trinajstić information content (AvgIpc) is 2.84. The number of hydrogen-bond donors (Lipinski definition) is 2. The SMILES string of the molecule is NNc1nc(N2CCOCc3c(Br)cccc32)c2c(F)cccc2n1. The van der Waals surface area contributed by atoms with Gasteiger partial charge in [0.15, 0.2) is 0 Å². The van der Waals surface area contributed by atoms with E-state index in [1.165, 1.54) is 6.07 Å². The summed E-state index contributed by atoms with van der Waals surface area (Å²) in [5.74, 6) is 5.82. The van der Waals surface area contributed by atoms with Gasteiger partial charge in [-0.25, -0.2) is 15.2 Å². The van der Waals surface area contributed by atoms with Crippen molar-refractivity contribution in [2.45, 2.75) is 6.61 Å². The molecular formula is C17H15BrFN5O. The molecule has 1 aromatic heterocycles. The van der Waals surface area contributed by atoms with Gasteiger partial charge in [-0.3, -0.25) is 5.43 Å². The Kier molecular flexibility index (Phi) is 4.24. The Hall–Kier alpha value is -2.29. The van der Waals surface area contributed by atoms with Gasteiger partial charge in [-0.2, -0.15) is 4.98 Å². The molecular weight excluding hydrogens is 389 g/mol. The Morgan fingerprint density at radius 1 is 1.20 bits per heavy atom. The lowest BCUT2D eigenvalue weighted by molar-refractivity contribution is 0.133. The zero-order valence-corrected chi connectivity index (χ0v) is 14.8. The third-order valence-electron chi connectivity index (χ3n) is 4.13. The summed E-state index contributed by atoms with van der Waals surface area (Å²) in [5, 5.41) is 0.356. The van der Waals surface area contributed by atoms with Crippen LogP contribution in [0.2, 0.25) is 0 Å². The number of benzene rings is 2. The standard InChI is InChI=1S/C17H15BrFN5O/c18-11-3-1-6-14-10(11)9-25-8-7-24(14)16-15-12(19)4-2-5-13(15)21-17(22-16)23-20/h1-6H,7-9,20H2,(H,21,22,23). The lowest BCUT2D eigenvalue weighted by Crippen LogP contribution is -2.23. The fraction of sp³-hybridized carbons (Fsp3) is 0.176. The predicted molar refractivity (Wildman–Crippen MR) is 98.1 cm³/mol. The van der Waals surface area contributed by atoms with Crippen molar-refractivity contribution in [2.24, 2.45) is 5.84 Å². The quantitative estimate of drug-likeness (QED) is 0.503. The topological polar surface area (TPSA) is 76.3 Å². The molecule has 1 aliphatic heterocycles. The molecule has 0 atom stereocenters. The highest BCUT2D eigenvalue weighted by molar-refractivity contribution is 9.10. The largest absolute Gasteiger partial charge is 0.375 e. The predicted octanol–water partition coefficient (Wildman–Crippen LogP) is 3.49. The molecule has 0 saturated heterocycles. The number of halogens is 2. The lowest BCUT2D eigenvalue weighted by Gasteiger charge is -2.25. The van der Waals surface area contributed by atoms with E-state index in [0.717, 1.165) is 15.7 Å². The Balaban J connectivity index is 2.00. The van der Waals surface area contributed by atoms with Crippen LogP contribution in [0.4, 0.5) is 21.8 Å². The van der Waals surface area contributed by atoms with E-state index in [2.05, 4.69) is 31.3 Å². The molecule has 1 aliphatic rings. The summed E-state index contributed by atoms with van der Waals surface area (Å²) in [4.78, 5) is 10.6. The third kappa shape index (κ3) is 2.82. The molecule has 0 bridgehead atoms. The number of ether oxygens (including phenoxy) is 1. The Morgan fingerprint density at radius 2 is 2.04 bits per heavy atom. The molecule has 6 nitrogen and oxygen atoms in total. The van der Waals surface area contributed by atoms with E-state index >= 15 is 0 Å². The number of hydrazine groups is 1. The van der Waals surface area contributed by atoms with Gasteiger partial charge in [-0.15, -0.1) is 0 Å². The molecule has 0 amide bonds. The van der Waals surface area contributed by atoms with Gasteiger partial charge >= 0.3 is 0 Å². The van der Waals surface area contributed by atoms with Crippen molar-refractivity contribution in [2.75, 3.05) is 23.5 Å². The maximum atomic E-state index is 14.6. The van der Waals surface area contributed by atoms with Crippen molar-refractivity contribution in [1.82, 2.24) is 9.97 Å². The molecule has 2 heterocycles. The first-order chi connectivity index (χ1) is 12.2. The van der Waals surface area contributed by atoms with Crippen molar-refractivity contribution in [3.8, 4) is 0 Å². The first-order valence-electron chi connectivity index (χ1n) is 7.74. The first kappa shape index (κ1) is 16.2. The second-order valence-corrected chi connectivity index (χ2v) is 6.45. The number of hydrogen-bond acceptors (Lipinski definition) is 6. The van der Waals surface area contributed by atoms with E-state index in [4.69, 9.17) is 10.6 Å². The maximum absolute atomic E-state index is 14.6. The molecule has 25 heavy (non-hydrogen) atoms. The van der Waals surface area contributed by atoms with Crippen LogP contribution in [0.5, 0.6) is 0 Å². The second kappa shape index (κ2) is 6.55. The normalized spacial score (nSPS) is 14.3. The fourth-order valence-electron chi connectivity index (χ4n) is 3.00. The summed E-state index contributed by atoms with van der Waals surface area (Å²) >= 11 is 3.56. The fourth-order valence-corrected chi connectivity index (χ4v) is 3.47. The zero-order valence-electron chi connectivity index (χ0n) is 13.2. The minimum absolute atomic E-state index is 0.231. The van der Waals surface area contributed by atoms with Crippen LogP contribution < -0.4 is 16.2 Å². The molecule has 3 aromatic rings. The summed E-state index contributed by atoms with van der Waals surface area (Å²) in [5.41, 5.74) is 4.85. The lowest BCUT2D eigenvalue weighted by atomic mass is 10.1. The summed E-state index contributed by atoms with van der Waals surface area (Å²) in [6, 6.07) is 10.6. The molecule has 0 fully saturated rings. The van der Waals surface area contributed by atoms with Crippen LogP contribution in [0.1, 0.15) is 5.56 Å². The number of nitrogens with one attached hydrogen (secondary N) is 1. The summed E-state index contributed by atoms with van der Waals surface area (Å²) < 4.78 is 21.2. The molecule has 2 aromatic carbocycles. The molecule has 8 heteroatoms. The van der Waals surface area contributed by atoms with Crippen LogP contribution in [0.25, 0.3) is 10.9 Å². The van der Waals surface area contributed by atoms with Crippen molar-refractivity contribution in [3.05, 3.63) is 52.3 Å². The summed E-state index contributed by atoms with van der Waals surface area (Å²) in [6.45, 7) is 1.50. The molecule has 0 spiro atoms. The van der Waals surface area contributed by atoms with E-state index in [1.54, 1.807) is 12.1 Å². The van der Waals surface area contributed by atoms with E-state index in [1.807, 2.05) is 23.1 Å². The molecule has 0 unspecified atom stereocenters. The maximum Gasteiger partial charge on any atom is 0.239 e. The molecule has 0 radical (unpaired) electrons. The van der Waals surface area contributed by atoms with Gasteiger partial charge in [0, 0.05) is 22.3 Å². The van der Waals surface area contributed by atoms with Gasteiger partial charge in [0.2, 0.25) is 5.95 Å². The van der Waals surface area contributed by atoms with Crippen LogP contribution in [-0.2, 0) is 11.3 Å². The van der Waals surface area contributed by atoms with Crippen molar-refractivity contribution in [1.29, 1.82) is 0 Å². The van der Waals surface area contributed by atoms with Gasteiger partial charge in [0.25, 0.3) is 0 Å². The van der Waals surface area contributed by atoms with Crippen molar-refractivity contribution >= 4 is 44.3 Å². The van der Waals surface area contributed by atoms with Gasteiger partial charge in [0.05, 0.1) is 24.1 Å². The van der Waals surface area contributed by atoms with Crippen LogP contribution in [-0.4, -0.2) is 23.1 Å². The monoisotopic (exact) mass is 403 g/mol. The van der Waals surface area contributed by atoms with Gasteiger partial charge in [0.1, 0.15) is 11.6 Å². The van der Waals surface area contributed by atoms with Crippen LogP contribution in [0.15, 0.2) is 40.9 Å². The number of rotatable bonds is 2. The highest BCUT2D eigenvalue weighted by atomic mass is 79.9. The molecule has 128 valence electrons. The van der Waals surface area contributed by atoms with E-state index in [-0.39, 0.29) is 11.8 Å². The Morgan fingerprint density at radius 3 is 2.88 bits per heavy atom. The van der Waals surface area contributed by atoms with Gasteiger partial charge in [-0.1, -0.05) is 28.1 Å². The molecule has 0 aliphatic carbocycles.